The molecule has 0 aliphatic carbocycles. The summed E-state index contributed by atoms with van der Waals surface area (Å²) in [5, 5.41) is 3.16. The Hall–Kier alpha value is -1.94. The number of rotatable bonds is 4. The lowest BCUT2D eigenvalue weighted by molar-refractivity contribution is 0.244. The molecule has 106 valence electrons. The zero-order valence-electron chi connectivity index (χ0n) is 11.3. The second-order valence-electron chi connectivity index (χ2n) is 4.64. The Bertz CT molecular complexity index is 617. The van der Waals surface area contributed by atoms with E-state index in [0.717, 1.165) is 0 Å². The molecule has 0 saturated carbocycles. The predicted octanol–water partition coefficient (Wildman–Crippen LogP) is 4.59. The number of nitrogens with one attached hydrogen (secondary N) is 1. The van der Waals surface area contributed by atoms with Gasteiger partial charge in [-0.2, -0.15) is 0 Å². The lowest BCUT2D eigenvalue weighted by Gasteiger charge is -2.16. The summed E-state index contributed by atoms with van der Waals surface area (Å²) in [6.45, 7) is 3.86. The molecule has 0 aliphatic heterocycles. The number of para-hydroxylation sites is 1. The molecule has 0 amide bonds. The van der Waals surface area contributed by atoms with Gasteiger partial charge in [0.2, 0.25) is 0 Å². The van der Waals surface area contributed by atoms with Gasteiger partial charge in [0.15, 0.2) is 0 Å². The number of halogens is 2. The van der Waals surface area contributed by atoms with Crippen molar-refractivity contribution in [1.29, 1.82) is 0 Å². The van der Waals surface area contributed by atoms with E-state index in [2.05, 4.69) is 5.32 Å². The Labute approximate surface area is 122 Å². The van der Waals surface area contributed by atoms with Gasteiger partial charge < -0.3 is 15.8 Å². The quantitative estimate of drug-likeness (QED) is 0.811. The van der Waals surface area contributed by atoms with E-state index < -0.39 is 5.82 Å². The van der Waals surface area contributed by atoms with Crippen molar-refractivity contribution < 1.29 is 9.13 Å². The van der Waals surface area contributed by atoms with Crippen molar-refractivity contribution in [2.45, 2.75) is 20.0 Å². The third-order valence-electron chi connectivity index (χ3n) is 2.63. The summed E-state index contributed by atoms with van der Waals surface area (Å²) in [4.78, 5) is 0. The van der Waals surface area contributed by atoms with Crippen LogP contribution in [0.25, 0.3) is 0 Å². The van der Waals surface area contributed by atoms with Crippen LogP contribution in [0.5, 0.6) is 5.75 Å². The van der Waals surface area contributed by atoms with Crippen LogP contribution < -0.4 is 15.8 Å². The molecular formula is C15H16ClFN2O. The topological polar surface area (TPSA) is 47.3 Å². The first kappa shape index (κ1) is 14.5. The van der Waals surface area contributed by atoms with Crippen molar-refractivity contribution >= 4 is 28.7 Å². The fourth-order valence-electron chi connectivity index (χ4n) is 1.74. The van der Waals surface area contributed by atoms with E-state index in [1.54, 1.807) is 12.1 Å². The van der Waals surface area contributed by atoms with E-state index in [1.807, 2.05) is 26.0 Å². The Morgan fingerprint density at radius 3 is 2.65 bits per heavy atom. The first-order chi connectivity index (χ1) is 9.47. The van der Waals surface area contributed by atoms with Crippen molar-refractivity contribution in [2.75, 3.05) is 11.1 Å². The fraction of sp³-hybridized carbons (Fsp3) is 0.200. The zero-order chi connectivity index (χ0) is 14.7. The van der Waals surface area contributed by atoms with E-state index in [9.17, 15) is 4.39 Å². The summed E-state index contributed by atoms with van der Waals surface area (Å²) in [5.41, 5.74) is 7.90. The van der Waals surface area contributed by atoms with Crippen LogP contribution in [0.15, 0.2) is 36.4 Å². The minimum absolute atomic E-state index is 0.0350. The monoisotopic (exact) mass is 294 g/mol. The van der Waals surface area contributed by atoms with Crippen LogP contribution in [0.3, 0.4) is 0 Å². The van der Waals surface area contributed by atoms with Crippen LogP contribution in [0, 0.1) is 5.82 Å². The van der Waals surface area contributed by atoms with E-state index in [1.165, 1.54) is 12.1 Å². The van der Waals surface area contributed by atoms with Crippen molar-refractivity contribution in [3.05, 3.63) is 47.2 Å². The minimum atomic E-state index is -0.456. The molecule has 0 fully saturated rings. The van der Waals surface area contributed by atoms with Gasteiger partial charge in [0.1, 0.15) is 11.6 Å². The van der Waals surface area contributed by atoms with Crippen LogP contribution in [-0.2, 0) is 0 Å². The second kappa shape index (κ2) is 6.01. The van der Waals surface area contributed by atoms with Gasteiger partial charge in [-0.15, -0.1) is 0 Å². The normalized spacial score (nSPS) is 10.7. The van der Waals surface area contributed by atoms with Gasteiger partial charge in [0.05, 0.1) is 22.5 Å². The molecule has 0 saturated heterocycles. The molecule has 2 aromatic carbocycles. The van der Waals surface area contributed by atoms with Gasteiger partial charge in [-0.05, 0) is 44.2 Å². The minimum Gasteiger partial charge on any atom is -0.489 e. The van der Waals surface area contributed by atoms with Gasteiger partial charge >= 0.3 is 0 Å². The second-order valence-corrected chi connectivity index (χ2v) is 5.05. The number of hydrogen-bond acceptors (Lipinski definition) is 3. The summed E-state index contributed by atoms with van der Waals surface area (Å²) in [6, 6.07) is 9.86. The van der Waals surface area contributed by atoms with Crippen LogP contribution >= 0.6 is 11.6 Å². The number of anilines is 3. The maximum absolute atomic E-state index is 13.1. The maximum Gasteiger partial charge on any atom is 0.144 e. The van der Waals surface area contributed by atoms with Crippen molar-refractivity contribution in [2.24, 2.45) is 0 Å². The van der Waals surface area contributed by atoms with E-state index >= 15 is 0 Å². The number of hydrogen-bond donors (Lipinski definition) is 2. The summed E-state index contributed by atoms with van der Waals surface area (Å²) < 4.78 is 18.7. The van der Waals surface area contributed by atoms with Crippen molar-refractivity contribution in [3.8, 4) is 5.75 Å². The van der Waals surface area contributed by atoms with Gasteiger partial charge in [-0.3, -0.25) is 0 Å². The number of ether oxygens (including phenoxy) is 1. The first-order valence-corrected chi connectivity index (χ1v) is 6.62. The molecule has 0 bridgehead atoms. The zero-order valence-corrected chi connectivity index (χ0v) is 12.0. The maximum atomic E-state index is 13.1. The highest BCUT2D eigenvalue weighted by Gasteiger charge is 2.08. The molecule has 0 aromatic heterocycles. The summed E-state index contributed by atoms with van der Waals surface area (Å²) in [7, 11) is 0. The van der Waals surface area contributed by atoms with Crippen molar-refractivity contribution in [1.82, 2.24) is 0 Å². The predicted molar refractivity (Wildman–Crippen MR) is 81.3 cm³/mol. The molecule has 0 spiro atoms. The fourth-order valence-corrected chi connectivity index (χ4v) is 1.92. The van der Waals surface area contributed by atoms with Crippen LogP contribution in [0.2, 0.25) is 5.02 Å². The molecular weight excluding hydrogens is 279 g/mol. The summed E-state index contributed by atoms with van der Waals surface area (Å²) in [5.74, 6) is 0.153. The summed E-state index contributed by atoms with van der Waals surface area (Å²) in [6.07, 6.45) is 0.0350. The molecule has 0 radical (unpaired) electrons. The number of nitrogens with two attached hydrogens (primary N) is 1. The third-order valence-corrected chi connectivity index (χ3v) is 2.92. The van der Waals surface area contributed by atoms with E-state index in [0.29, 0.717) is 22.8 Å². The number of benzene rings is 2. The average Bonchev–Trinajstić information content (AvgIpc) is 2.38. The SMILES string of the molecule is CC(C)Oc1cccc(Nc2ccc(F)c(Cl)c2)c1N. The molecule has 3 N–H and O–H groups in total. The molecule has 0 atom stereocenters. The van der Waals surface area contributed by atoms with E-state index in [-0.39, 0.29) is 11.1 Å². The molecule has 2 aromatic rings. The van der Waals surface area contributed by atoms with Crippen LogP contribution in [0.1, 0.15) is 13.8 Å². The highest BCUT2D eigenvalue weighted by atomic mass is 35.5. The van der Waals surface area contributed by atoms with Gasteiger partial charge in [0, 0.05) is 5.69 Å². The Balaban J connectivity index is 2.27. The Morgan fingerprint density at radius 2 is 2.00 bits per heavy atom. The molecule has 5 heteroatoms. The average molecular weight is 295 g/mol. The highest BCUT2D eigenvalue weighted by Crippen LogP contribution is 2.33. The largest absolute Gasteiger partial charge is 0.489 e. The van der Waals surface area contributed by atoms with Crippen LogP contribution in [0.4, 0.5) is 21.5 Å². The van der Waals surface area contributed by atoms with Gasteiger partial charge in [-0.25, -0.2) is 4.39 Å². The third kappa shape index (κ3) is 3.33. The Morgan fingerprint density at radius 1 is 1.25 bits per heavy atom. The Kier molecular flexibility index (Phi) is 4.35. The molecule has 2 rings (SSSR count). The number of nitrogen functional groups attached to an aromatic ring is 1. The lowest BCUT2D eigenvalue weighted by Crippen LogP contribution is -2.08. The molecule has 0 aliphatic rings. The standard InChI is InChI=1S/C15H16ClFN2O/c1-9(2)20-14-5-3-4-13(15(14)18)19-10-6-7-12(17)11(16)8-10/h3-9,19H,18H2,1-2H3. The van der Waals surface area contributed by atoms with Crippen molar-refractivity contribution in [3.63, 3.8) is 0 Å². The summed E-state index contributed by atoms with van der Waals surface area (Å²) >= 11 is 5.75. The highest BCUT2D eigenvalue weighted by molar-refractivity contribution is 6.31. The molecule has 0 heterocycles. The van der Waals surface area contributed by atoms with Gasteiger partial charge in [0.25, 0.3) is 0 Å². The van der Waals surface area contributed by atoms with Crippen LogP contribution in [-0.4, -0.2) is 6.10 Å². The first-order valence-electron chi connectivity index (χ1n) is 6.24. The lowest BCUT2D eigenvalue weighted by atomic mass is 10.2. The molecule has 0 unspecified atom stereocenters. The van der Waals surface area contributed by atoms with Gasteiger partial charge in [-0.1, -0.05) is 17.7 Å². The van der Waals surface area contributed by atoms with E-state index in [4.69, 9.17) is 22.1 Å². The molecule has 3 nitrogen and oxygen atoms in total. The smallest absolute Gasteiger partial charge is 0.144 e. The molecule has 20 heavy (non-hydrogen) atoms.